The first kappa shape index (κ1) is 21.6. The molecule has 2 aromatic carbocycles. The number of aryl methyl sites for hydroxylation is 1. The van der Waals surface area contributed by atoms with Gasteiger partial charge in [0.05, 0.1) is 4.91 Å². The van der Waals surface area contributed by atoms with Crippen LogP contribution in [0.25, 0.3) is 6.08 Å². The summed E-state index contributed by atoms with van der Waals surface area (Å²) in [6, 6.07) is 15.2. The number of anilines is 2. The van der Waals surface area contributed by atoms with Crippen molar-refractivity contribution in [1.29, 1.82) is 0 Å². The van der Waals surface area contributed by atoms with Crippen LogP contribution in [0.2, 0.25) is 0 Å². The predicted octanol–water partition coefficient (Wildman–Crippen LogP) is 4.52. The number of nitrogens with zero attached hydrogens (tertiary/aromatic N) is 2. The minimum absolute atomic E-state index is 0.309. The smallest absolute Gasteiger partial charge is 0.294 e. The third kappa shape index (κ3) is 5.10. The van der Waals surface area contributed by atoms with Gasteiger partial charge in [0.1, 0.15) is 6.54 Å². The van der Waals surface area contributed by atoms with E-state index in [1.54, 1.807) is 18.2 Å². The zero-order valence-corrected chi connectivity index (χ0v) is 18.2. The molecule has 0 radical (unpaired) electrons. The highest BCUT2D eigenvalue weighted by molar-refractivity contribution is 8.18. The van der Waals surface area contributed by atoms with Gasteiger partial charge in [-0.2, -0.15) is 0 Å². The maximum absolute atomic E-state index is 12.6. The molecule has 30 heavy (non-hydrogen) atoms. The van der Waals surface area contributed by atoms with E-state index in [0.717, 1.165) is 46.6 Å². The van der Waals surface area contributed by atoms with E-state index < -0.39 is 17.1 Å². The molecule has 0 unspecified atom stereocenters. The number of carbonyl (C=O) groups is 3. The van der Waals surface area contributed by atoms with Gasteiger partial charge in [0, 0.05) is 24.5 Å². The Labute approximate surface area is 180 Å². The van der Waals surface area contributed by atoms with E-state index in [1.165, 1.54) is 0 Å². The van der Waals surface area contributed by atoms with Crippen molar-refractivity contribution in [2.45, 2.75) is 20.8 Å². The highest BCUT2D eigenvalue weighted by Crippen LogP contribution is 2.32. The lowest BCUT2D eigenvalue weighted by molar-refractivity contribution is -0.127. The van der Waals surface area contributed by atoms with Crippen LogP contribution < -0.4 is 10.2 Å². The monoisotopic (exact) mass is 423 g/mol. The van der Waals surface area contributed by atoms with Crippen molar-refractivity contribution in [3.63, 3.8) is 0 Å². The molecule has 0 aliphatic carbocycles. The van der Waals surface area contributed by atoms with Crippen molar-refractivity contribution in [2.24, 2.45) is 0 Å². The number of nitrogens with one attached hydrogen (secondary N) is 1. The first-order chi connectivity index (χ1) is 14.4. The lowest BCUT2D eigenvalue weighted by Gasteiger charge is -2.20. The van der Waals surface area contributed by atoms with Crippen molar-refractivity contribution in [2.75, 3.05) is 29.9 Å². The molecule has 6 nitrogen and oxygen atoms in total. The minimum atomic E-state index is -0.447. The lowest BCUT2D eigenvalue weighted by Crippen LogP contribution is -2.36. The summed E-state index contributed by atoms with van der Waals surface area (Å²) in [6.45, 7) is 7.68. The van der Waals surface area contributed by atoms with Gasteiger partial charge in [0.15, 0.2) is 0 Å². The second-order valence-corrected chi connectivity index (χ2v) is 7.94. The molecular formula is C23H25N3O3S. The van der Waals surface area contributed by atoms with Crippen molar-refractivity contribution in [3.8, 4) is 0 Å². The second-order valence-electron chi connectivity index (χ2n) is 6.95. The first-order valence-corrected chi connectivity index (χ1v) is 10.7. The molecule has 0 atom stereocenters. The zero-order valence-electron chi connectivity index (χ0n) is 17.3. The van der Waals surface area contributed by atoms with E-state index in [0.29, 0.717) is 10.6 Å². The molecule has 0 spiro atoms. The van der Waals surface area contributed by atoms with Crippen molar-refractivity contribution in [1.82, 2.24) is 4.90 Å². The Morgan fingerprint density at radius 1 is 1.03 bits per heavy atom. The summed E-state index contributed by atoms with van der Waals surface area (Å²) in [6.07, 6.45) is 1.69. The molecule has 1 N–H and O–H groups in total. The minimum Gasteiger partial charge on any atom is -0.372 e. The molecule has 1 aliphatic heterocycles. The Bertz CT molecular complexity index is 964. The quantitative estimate of drug-likeness (QED) is 0.663. The van der Waals surface area contributed by atoms with Gasteiger partial charge in [0.25, 0.3) is 11.1 Å². The summed E-state index contributed by atoms with van der Waals surface area (Å²) in [5.74, 6) is -0.858. The first-order valence-electron chi connectivity index (χ1n) is 9.88. The average Bonchev–Trinajstić information content (AvgIpc) is 2.99. The Hall–Kier alpha value is -3.06. The van der Waals surface area contributed by atoms with Crippen LogP contribution in [-0.2, 0) is 9.59 Å². The fourth-order valence-electron chi connectivity index (χ4n) is 3.14. The Morgan fingerprint density at radius 3 is 2.27 bits per heavy atom. The number of rotatable bonds is 7. The van der Waals surface area contributed by atoms with Crippen LogP contribution >= 0.6 is 11.8 Å². The molecule has 3 amide bonds. The standard InChI is InChI=1S/C23H25N3O3S/c1-4-25(5-2)19-12-8-17(9-13-19)14-20-22(28)26(23(29)30-20)15-21(27)24-18-10-6-16(3)7-11-18/h6-14H,4-5,15H2,1-3H3,(H,24,27). The van der Waals surface area contributed by atoms with Crippen LogP contribution in [-0.4, -0.2) is 41.6 Å². The van der Waals surface area contributed by atoms with E-state index in [2.05, 4.69) is 24.1 Å². The normalized spacial score (nSPS) is 15.0. The van der Waals surface area contributed by atoms with Gasteiger partial charge in [0.2, 0.25) is 5.91 Å². The Morgan fingerprint density at radius 2 is 1.67 bits per heavy atom. The van der Waals surface area contributed by atoms with Crippen molar-refractivity contribution >= 4 is 46.3 Å². The highest BCUT2D eigenvalue weighted by Gasteiger charge is 2.36. The maximum atomic E-state index is 12.6. The summed E-state index contributed by atoms with van der Waals surface area (Å²) in [5, 5.41) is 2.27. The van der Waals surface area contributed by atoms with Crippen LogP contribution in [0.3, 0.4) is 0 Å². The lowest BCUT2D eigenvalue weighted by atomic mass is 10.1. The zero-order chi connectivity index (χ0) is 21.7. The molecular weight excluding hydrogens is 398 g/mol. The second kappa shape index (κ2) is 9.63. The maximum Gasteiger partial charge on any atom is 0.294 e. The van der Waals surface area contributed by atoms with E-state index in [1.807, 2.05) is 43.3 Å². The average molecular weight is 424 g/mol. The van der Waals surface area contributed by atoms with E-state index >= 15 is 0 Å². The number of carbonyl (C=O) groups excluding carboxylic acids is 3. The van der Waals surface area contributed by atoms with Gasteiger partial charge in [-0.05, 0) is 68.4 Å². The SMILES string of the molecule is CCN(CC)c1ccc(C=C2SC(=O)N(CC(=O)Nc3ccc(C)cc3)C2=O)cc1. The van der Waals surface area contributed by atoms with Crippen LogP contribution in [0.5, 0.6) is 0 Å². The number of hydrogen-bond acceptors (Lipinski definition) is 5. The molecule has 0 bridgehead atoms. The van der Waals surface area contributed by atoms with E-state index in [9.17, 15) is 14.4 Å². The van der Waals surface area contributed by atoms with Crippen LogP contribution in [0.1, 0.15) is 25.0 Å². The van der Waals surface area contributed by atoms with Crippen molar-refractivity contribution in [3.05, 3.63) is 64.6 Å². The van der Waals surface area contributed by atoms with E-state index in [-0.39, 0.29) is 6.54 Å². The number of thioether (sulfide) groups is 1. The van der Waals surface area contributed by atoms with E-state index in [4.69, 9.17) is 0 Å². The molecule has 3 rings (SSSR count). The summed E-state index contributed by atoms with van der Waals surface area (Å²) in [5.41, 5.74) is 3.65. The molecule has 1 saturated heterocycles. The van der Waals surface area contributed by atoms with Gasteiger partial charge >= 0.3 is 0 Å². The fourth-order valence-corrected chi connectivity index (χ4v) is 3.98. The third-order valence-electron chi connectivity index (χ3n) is 4.83. The molecule has 2 aromatic rings. The van der Waals surface area contributed by atoms with Crippen LogP contribution in [0.4, 0.5) is 16.2 Å². The topological polar surface area (TPSA) is 69.7 Å². The van der Waals surface area contributed by atoms with Gasteiger partial charge in [-0.15, -0.1) is 0 Å². The van der Waals surface area contributed by atoms with Crippen LogP contribution in [0.15, 0.2) is 53.4 Å². The highest BCUT2D eigenvalue weighted by atomic mass is 32.2. The number of imide groups is 1. The number of hydrogen-bond donors (Lipinski definition) is 1. The Kier molecular flexibility index (Phi) is 6.95. The molecule has 156 valence electrons. The molecule has 1 aliphatic rings. The molecule has 1 heterocycles. The summed E-state index contributed by atoms with van der Waals surface area (Å²) in [7, 11) is 0. The molecule has 7 heteroatoms. The van der Waals surface area contributed by atoms with Gasteiger partial charge in [-0.25, -0.2) is 0 Å². The summed E-state index contributed by atoms with van der Waals surface area (Å²) >= 11 is 0.855. The van der Waals surface area contributed by atoms with Gasteiger partial charge in [-0.1, -0.05) is 29.8 Å². The third-order valence-corrected chi connectivity index (χ3v) is 5.74. The molecule has 0 saturated carbocycles. The van der Waals surface area contributed by atoms with Crippen LogP contribution in [0, 0.1) is 6.92 Å². The van der Waals surface area contributed by atoms with Crippen molar-refractivity contribution < 1.29 is 14.4 Å². The molecule has 0 aromatic heterocycles. The largest absolute Gasteiger partial charge is 0.372 e. The number of benzene rings is 2. The summed E-state index contributed by atoms with van der Waals surface area (Å²) in [4.78, 5) is 40.7. The Balaban J connectivity index is 1.66. The number of amides is 3. The van der Waals surface area contributed by atoms with Gasteiger partial charge < -0.3 is 10.2 Å². The molecule has 1 fully saturated rings. The van der Waals surface area contributed by atoms with Gasteiger partial charge in [-0.3, -0.25) is 19.3 Å². The summed E-state index contributed by atoms with van der Waals surface area (Å²) < 4.78 is 0. The fraction of sp³-hybridized carbons (Fsp3) is 0.261. The predicted molar refractivity (Wildman–Crippen MR) is 122 cm³/mol.